The average Bonchev–Trinajstić information content (AvgIpc) is 2.43. The standard InChI is InChI=1S/C14H14Cl2N2O/c1-2-17-9-10-5-4-8-18-14(10)19-12-7-3-6-11(15)13(12)16/h3-8,17H,2,9H2,1H3. The Bertz CT molecular complexity index is 561. The molecule has 1 aromatic carbocycles. The number of nitrogens with zero attached hydrogens (tertiary/aromatic N) is 1. The van der Waals surface area contributed by atoms with Crippen molar-refractivity contribution >= 4 is 23.2 Å². The zero-order valence-corrected chi connectivity index (χ0v) is 12.0. The van der Waals surface area contributed by atoms with Gasteiger partial charge in [0.1, 0.15) is 10.8 Å². The first-order chi connectivity index (χ1) is 9.22. The zero-order valence-electron chi connectivity index (χ0n) is 10.5. The van der Waals surface area contributed by atoms with Crippen LogP contribution in [0.5, 0.6) is 11.6 Å². The highest BCUT2D eigenvalue weighted by Crippen LogP contribution is 2.34. The molecular weight excluding hydrogens is 283 g/mol. The van der Waals surface area contributed by atoms with E-state index in [9.17, 15) is 0 Å². The minimum atomic E-state index is 0.393. The Labute approximate surface area is 122 Å². The summed E-state index contributed by atoms with van der Waals surface area (Å²) in [5, 5.41) is 4.09. The van der Waals surface area contributed by atoms with Crippen LogP contribution in [0.4, 0.5) is 0 Å². The lowest BCUT2D eigenvalue weighted by atomic mass is 10.2. The number of pyridine rings is 1. The third-order valence-electron chi connectivity index (χ3n) is 2.54. The molecule has 1 heterocycles. The van der Waals surface area contributed by atoms with Gasteiger partial charge in [-0.1, -0.05) is 42.3 Å². The molecule has 2 aromatic rings. The van der Waals surface area contributed by atoms with Crippen LogP contribution in [0.2, 0.25) is 10.0 Å². The molecule has 0 aliphatic carbocycles. The van der Waals surface area contributed by atoms with Gasteiger partial charge in [0.2, 0.25) is 5.88 Å². The largest absolute Gasteiger partial charge is 0.437 e. The third kappa shape index (κ3) is 3.60. The Morgan fingerprint density at radius 2 is 2.05 bits per heavy atom. The van der Waals surface area contributed by atoms with Crippen molar-refractivity contribution in [2.24, 2.45) is 0 Å². The summed E-state index contributed by atoms with van der Waals surface area (Å²) in [5.41, 5.74) is 0.973. The van der Waals surface area contributed by atoms with Crippen LogP contribution in [0.15, 0.2) is 36.5 Å². The van der Waals surface area contributed by atoms with E-state index in [1.54, 1.807) is 24.4 Å². The van der Waals surface area contributed by atoms with Gasteiger partial charge >= 0.3 is 0 Å². The molecule has 0 bridgehead atoms. The number of hydrogen-bond acceptors (Lipinski definition) is 3. The molecule has 2 rings (SSSR count). The van der Waals surface area contributed by atoms with Crippen molar-refractivity contribution in [3.8, 4) is 11.6 Å². The van der Waals surface area contributed by atoms with Gasteiger partial charge in [-0.15, -0.1) is 0 Å². The fraction of sp³-hybridized carbons (Fsp3) is 0.214. The smallest absolute Gasteiger partial charge is 0.223 e. The summed E-state index contributed by atoms with van der Waals surface area (Å²) in [7, 11) is 0. The number of rotatable bonds is 5. The Morgan fingerprint density at radius 3 is 2.84 bits per heavy atom. The molecule has 0 spiro atoms. The molecule has 0 fully saturated rings. The molecule has 0 aliphatic rings. The summed E-state index contributed by atoms with van der Waals surface area (Å²) in [5.74, 6) is 1.04. The predicted molar refractivity (Wildman–Crippen MR) is 78.2 cm³/mol. The van der Waals surface area contributed by atoms with Gasteiger partial charge in [-0.2, -0.15) is 0 Å². The van der Waals surface area contributed by atoms with Gasteiger partial charge in [-0.25, -0.2) is 4.98 Å². The van der Waals surface area contributed by atoms with E-state index in [1.807, 2.05) is 19.1 Å². The van der Waals surface area contributed by atoms with E-state index in [-0.39, 0.29) is 0 Å². The molecule has 0 saturated carbocycles. The second kappa shape index (κ2) is 6.75. The van der Waals surface area contributed by atoms with Crippen molar-refractivity contribution < 1.29 is 4.74 Å². The highest BCUT2D eigenvalue weighted by atomic mass is 35.5. The average molecular weight is 297 g/mol. The molecule has 0 aliphatic heterocycles. The maximum absolute atomic E-state index is 6.10. The van der Waals surface area contributed by atoms with E-state index in [2.05, 4.69) is 10.3 Å². The van der Waals surface area contributed by atoms with Gasteiger partial charge in [0, 0.05) is 18.3 Å². The van der Waals surface area contributed by atoms with Crippen LogP contribution in [0.3, 0.4) is 0 Å². The maximum Gasteiger partial charge on any atom is 0.223 e. The van der Waals surface area contributed by atoms with E-state index in [1.165, 1.54) is 0 Å². The summed E-state index contributed by atoms with van der Waals surface area (Å²) < 4.78 is 5.75. The minimum Gasteiger partial charge on any atom is -0.437 e. The van der Waals surface area contributed by atoms with Crippen LogP contribution in [0.1, 0.15) is 12.5 Å². The van der Waals surface area contributed by atoms with Crippen LogP contribution in [0.25, 0.3) is 0 Å². The van der Waals surface area contributed by atoms with Gasteiger partial charge in [0.15, 0.2) is 0 Å². The predicted octanol–water partition coefficient (Wildman–Crippen LogP) is 4.29. The number of benzene rings is 1. The molecule has 0 atom stereocenters. The van der Waals surface area contributed by atoms with Crippen molar-refractivity contribution in [1.82, 2.24) is 10.3 Å². The van der Waals surface area contributed by atoms with Gasteiger partial charge < -0.3 is 10.1 Å². The second-order valence-electron chi connectivity index (χ2n) is 3.90. The van der Waals surface area contributed by atoms with E-state index in [0.29, 0.717) is 28.2 Å². The van der Waals surface area contributed by atoms with Gasteiger partial charge in [-0.05, 0) is 24.7 Å². The van der Waals surface area contributed by atoms with Crippen LogP contribution < -0.4 is 10.1 Å². The second-order valence-corrected chi connectivity index (χ2v) is 4.69. The highest BCUT2D eigenvalue weighted by molar-refractivity contribution is 6.42. The molecule has 0 saturated heterocycles. The van der Waals surface area contributed by atoms with E-state index in [4.69, 9.17) is 27.9 Å². The van der Waals surface area contributed by atoms with Gasteiger partial charge in [-0.3, -0.25) is 0 Å². The third-order valence-corrected chi connectivity index (χ3v) is 3.34. The molecule has 19 heavy (non-hydrogen) atoms. The molecule has 0 unspecified atom stereocenters. The highest BCUT2D eigenvalue weighted by Gasteiger charge is 2.10. The topological polar surface area (TPSA) is 34.2 Å². The maximum atomic E-state index is 6.10. The quantitative estimate of drug-likeness (QED) is 0.894. The van der Waals surface area contributed by atoms with Crippen LogP contribution in [0, 0.1) is 0 Å². The molecule has 1 aromatic heterocycles. The van der Waals surface area contributed by atoms with Crippen molar-refractivity contribution in [1.29, 1.82) is 0 Å². The van der Waals surface area contributed by atoms with E-state index < -0.39 is 0 Å². The lowest BCUT2D eigenvalue weighted by Gasteiger charge is -2.11. The lowest BCUT2D eigenvalue weighted by Crippen LogP contribution is -2.12. The molecule has 0 amide bonds. The molecule has 0 radical (unpaired) electrons. The van der Waals surface area contributed by atoms with Crippen molar-refractivity contribution in [2.45, 2.75) is 13.5 Å². The summed E-state index contributed by atoms with van der Waals surface area (Å²) in [6, 6.07) is 9.10. The number of halogens is 2. The normalized spacial score (nSPS) is 10.5. The summed E-state index contributed by atoms with van der Waals surface area (Å²) in [6.45, 7) is 3.62. The molecule has 100 valence electrons. The Kier molecular flexibility index (Phi) is 5.02. The van der Waals surface area contributed by atoms with Crippen LogP contribution in [-0.4, -0.2) is 11.5 Å². The first kappa shape index (κ1) is 14.1. The summed E-state index contributed by atoms with van der Waals surface area (Å²) in [6.07, 6.45) is 1.68. The van der Waals surface area contributed by atoms with Crippen molar-refractivity contribution in [3.63, 3.8) is 0 Å². The molecule has 1 N–H and O–H groups in total. The number of ether oxygens (including phenoxy) is 1. The Morgan fingerprint density at radius 1 is 1.21 bits per heavy atom. The lowest BCUT2D eigenvalue weighted by molar-refractivity contribution is 0.453. The fourth-order valence-corrected chi connectivity index (χ4v) is 1.91. The SMILES string of the molecule is CCNCc1cccnc1Oc1cccc(Cl)c1Cl. The van der Waals surface area contributed by atoms with Gasteiger partial charge in [0.05, 0.1) is 5.02 Å². The molecule has 3 nitrogen and oxygen atoms in total. The zero-order chi connectivity index (χ0) is 13.7. The van der Waals surface area contributed by atoms with Crippen molar-refractivity contribution in [2.75, 3.05) is 6.54 Å². The van der Waals surface area contributed by atoms with Gasteiger partial charge in [0.25, 0.3) is 0 Å². The Balaban J connectivity index is 2.25. The van der Waals surface area contributed by atoms with E-state index >= 15 is 0 Å². The number of hydrogen-bond donors (Lipinski definition) is 1. The first-order valence-electron chi connectivity index (χ1n) is 5.99. The molecule has 5 heteroatoms. The van der Waals surface area contributed by atoms with Crippen LogP contribution in [-0.2, 0) is 6.54 Å². The number of aromatic nitrogens is 1. The monoisotopic (exact) mass is 296 g/mol. The first-order valence-corrected chi connectivity index (χ1v) is 6.74. The Hall–Kier alpha value is -1.29. The van der Waals surface area contributed by atoms with Crippen molar-refractivity contribution in [3.05, 3.63) is 52.1 Å². The summed E-state index contributed by atoms with van der Waals surface area (Å²) >= 11 is 12.1. The van der Waals surface area contributed by atoms with E-state index in [0.717, 1.165) is 12.1 Å². The van der Waals surface area contributed by atoms with Crippen LogP contribution >= 0.6 is 23.2 Å². The summed E-state index contributed by atoms with van der Waals surface area (Å²) in [4.78, 5) is 4.23. The minimum absolute atomic E-state index is 0.393. The number of nitrogens with one attached hydrogen (secondary N) is 1. The fourth-order valence-electron chi connectivity index (χ4n) is 1.58. The molecular formula is C14H14Cl2N2O.